The topological polar surface area (TPSA) is 55.3 Å². The van der Waals surface area contributed by atoms with Crippen molar-refractivity contribution >= 4 is 40.3 Å². The lowest BCUT2D eigenvalue weighted by molar-refractivity contribution is 0.564. The van der Waals surface area contributed by atoms with Crippen LogP contribution < -0.4 is 4.90 Å². The van der Waals surface area contributed by atoms with Crippen LogP contribution in [0.1, 0.15) is 36.4 Å². The predicted octanol–water partition coefficient (Wildman–Crippen LogP) is 11.1. The van der Waals surface area contributed by atoms with Gasteiger partial charge in [0, 0.05) is 39.7 Å². The van der Waals surface area contributed by atoms with Gasteiger partial charge in [0.2, 0.25) is 11.8 Å². The number of aromatic nitrogens is 2. The molecule has 0 unspecified atom stereocenters. The van der Waals surface area contributed by atoms with Crippen LogP contribution in [0.15, 0.2) is 142 Å². The van der Waals surface area contributed by atoms with Gasteiger partial charge >= 0.3 is 0 Å². The highest BCUT2D eigenvalue weighted by Gasteiger charge is 2.35. The predicted molar refractivity (Wildman–Crippen MR) is 189 cm³/mol. The molecule has 0 atom stereocenters. The first-order valence-corrected chi connectivity index (χ1v) is 15.7. The molecule has 0 saturated heterocycles. The molecule has 5 aromatic carbocycles. The molecule has 47 heavy (non-hydrogen) atoms. The molecule has 5 nitrogen and oxygen atoms in total. The SMILES string of the molecule is CC1(C)c2ccccc2-c2ccc(N(c3ccc(-c4nc5c(o4)C=C=CC=C5)cc3)c3ccc(-c4nc5ccccc5o4)cc3)cc21. The summed E-state index contributed by atoms with van der Waals surface area (Å²) in [5.74, 6) is 1.89. The number of nitrogens with zero attached hydrogens (tertiary/aromatic N) is 3. The Kier molecular flexibility index (Phi) is 6.04. The summed E-state index contributed by atoms with van der Waals surface area (Å²) in [6.45, 7) is 4.63. The molecule has 0 N–H and O–H groups in total. The van der Waals surface area contributed by atoms with Crippen LogP contribution in [0.4, 0.5) is 17.1 Å². The van der Waals surface area contributed by atoms with Gasteiger partial charge in [0.15, 0.2) is 11.3 Å². The Bertz CT molecular complexity index is 2380. The van der Waals surface area contributed by atoms with Crippen molar-refractivity contribution in [3.8, 4) is 34.0 Å². The molecule has 0 saturated carbocycles. The van der Waals surface area contributed by atoms with Gasteiger partial charge in [-0.1, -0.05) is 62.4 Å². The van der Waals surface area contributed by atoms with E-state index in [2.05, 4.69) is 115 Å². The van der Waals surface area contributed by atoms with Gasteiger partial charge in [0.05, 0.1) is 0 Å². The van der Waals surface area contributed by atoms with Gasteiger partial charge in [0.25, 0.3) is 0 Å². The van der Waals surface area contributed by atoms with Crippen LogP contribution in [-0.2, 0) is 5.41 Å². The molecule has 0 radical (unpaired) electrons. The van der Waals surface area contributed by atoms with Crippen molar-refractivity contribution < 1.29 is 8.83 Å². The average molecular weight is 608 g/mol. The van der Waals surface area contributed by atoms with E-state index in [1.165, 1.54) is 22.3 Å². The van der Waals surface area contributed by atoms with Crippen LogP contribution in [-0.4, -0.2) is 9.97 Å². The summed E-state index contributed by atoms with van der Waals surface area (Å²) in [5.41, 5.74) is 15.6. The Balaban J connectivity index is 1.13. The second-order valence-corrected chi connectivity index (χ2v) is 12.4. The van der Waals surface area contributed by atoms with Crippen LogP contribution in [0, 0.1) is 0 Å². The number of anilines is 3. The van der Waals surface area contributed by atoms with Crippen molar-refractivity contribution in [3.63, 3.8) is 0 Å². The van der Waals surface area contributed by atoms with Crippen molar-refractivity contribution in [1.82, 2.24) is 9.97 Å². The molecule has 9 rings (SSSR count). The molecule has 0 spiro atoms. The number of oxazole rings is 2. The van der Waals surface area contributed by atoms with Gasteiger partial charge in [-0.05, 0) is 107 Å². The van der Waals surface area contributed by atoms with E-state index in [0.29, 0.717) is 17.5 Å². The molecule has 7 aromatic rings. The van der Waals surface area contributed by atoms with Crippen molar-refractivity contribution in [1.29, 1.82) is 0 Å². The van der Waals surface area contributed by atoms with Crippen LogP contribution in [0.5, 0.6) is 0 Å². The number of benzene rings is 5. The van der Waals surface area contributed by atoms with E-state index in [4.69, 9.17) is 18.8 Å². The standard InChI is InChI=1S/C42H29N3O2/c1-42(2)34-11-7-6-10-32(34)33-25-24-31(26-35(33)42)45(30-22-18-28(19-23-30)41-44-37-13-8-9-15-39(37)47-41)29-20-16-27(17-21-29)40-43-36-12-4-3-5-14-38(36)46-40/h3-4,6-26H,1-2H3. The molecule has 224 valence electrons. The maximum Gasteiger partial charge on any atom is 0.227 e. The van der Waals surface area contributed by atoms with E-state index in [1.807, 2.05) is 48.6 Å². The second kappa shape index (κ2) is 10.4. The molecule has 0 bridgehead atoms. The third kappa shape index (κ3) is 4.48. The Morgan fingerprint density at radius 1 is 0.638 bits per heavy atom. The number of hydrogen-bond acceptors (Lipinski definition) is 5. The van der Waals surface area contributed by atoms with E-state index >= 15 is 0 Å². The van der Waals surface area contributed by atoms with Crippen molar-refractivity contribution in [2.75, 3.05) is 4.90 Å². The molecule has 0 aliphatic heterocycles. The van der Waals surface area contributed by atoms with E-state index in [9.17, 15) is 0 Å². The molecule has 2 aliphatic carbocycles. The van der Waals surface area contributed by atoms with Crippen molar-refractivity contribution in [2.45, 2.75) is 19.3 Å². The fraction of sp³-hybridized carbons (Fsp3) is 0.0714. The summed E-state index contributed by atoms with van der Waals surface area (Å²) < 4.78 is 12.2. The number of fused-ring (bicyclic) bond motifs is 5. The fourth-order valence-corrected chi connectivity index (χ4v) is 6.79. The van der Waals surface area contributed by atoms with Crippen molar-refractivity contribution in [3.05, 3.63) is 156 Å². The van der Waals surface area contributed by atoms with Gasteiger partial charge < -0.3 is 13.7 Å². The van der Waals surface area contributed by atoms with Gasteiger partial charge in [-0.3, -0.25) is 0 Å². The third-order valence-corrected chi connectivity index (χ3v) is 9.21. The minimum Gasteiger partial charge on any atom is -0.436 e. The van der Waals surface area contributed by atoms with E-state index in [1.54, 1.807) is 0 Å². The lowest BCUT2D eigenvalue weighted by Gasteiger charge is -2.28. The summed E-state index contributed by atoms with van der Waals surface area (Å²) in [6, 6.07) is 40.2. The largest absolute Gasteiger partial charge is 0.436 e. The Hall–Kier alpha value is -6.16. The minimum atomic E-state index is -0.116. The summed E-state index contributed by atoms with van der Waals surface area (Å²) in [6.07, 6.45) is 7.52. The quantitative estimate of drug-likeness (QED) is 0.182. The minimum absolute atomic E-state index is 0.116. The lowest BCUT2D eigenvalue weighted by atomic mass is 9.82. The van der Waals surface area contributed by atoms with Crippen LogP contribution in [0.25, 0.3) is 57.3 Å². The normalized spacial score (nSPS) is 13.7. The van der Waals surface area contributed by atoms with Crippen LogP contribution >= 0.6 is 0 Å². The number of para-hydroxylation sites is 2. The second-order valence-electron chi connectivity index (χ2n) is 12.4. The summed E-state index contributed by atoms with van der Waals surface area (Å²) in [5, 5.41) is 0. The molecule has 0 amide bonds. The highest BCUT2D eigenvalue weighted by molar-refractivity contribution is 5.86. The van der Waals surface area contributed by atoms with Crippen LogP contribution in [0.3, 0.4) is 0 Å². The number of hydrogen-bond donors (Lipinski definition) is 0. The number of rotatable bonds is 5. The first kappa shape index (κ1) is 27.2. The highest BCUT2D eigenvalue weighted by atomic mass is 16.4. The molecular formula is C42H29N3O2. The molecular weight excluding hydrogens is 578 g/mol. The van der Waals surface area contributed by atoms with Crippen molar-refractivity contribution in [2.24, 2.45) is 0 Å². The zero-order valence-corrected chi connectivity index (χ0v) is 25.9. The molecule has 2 aromatic heterocycles. The smallest absolute Gasteiger partial charge is 0.227 e. The first-order chi connectivity index (χ1) is 23.0. The summed E-state index contributed by atoms with van der Waals surface area (Å²) >= 11 is 0. The van der Waals surface area contributed by atoms with E-state index in [0.717, 1.165) is 45.0 Å². The van der Waals surface area contributed by atoms with Gasteiger partial charge in [-0.25, -0.2) is 9.97 Å². The summed E-state index contributed by atoms with van der Waals surface area (Å²) in [4.78, 5) is 11.7. The lowest BCUT2D eigenvalue weighted by Crippen LogP contribution is -2.16. The average Bonchev–Trinajstić information content (AvgIpc) is 3.73. The highest BCUT2D eigenvalue weighted by Crippen LogP contribution is 2.50. The van der Waals surface area contributed by atoms with Crippen LogP contribution in [0.2, 0.25) is 0 Å². The molecule has 2 heterocycles. The fourth-order valence-electron chi connectivity index (χ4n) is 6.79. The Labute approximate surface area is 272 Å². The Morgan fingerprint density at radius 3 is 2.06 bits per heavy atom. The zero-order chi connectivity index (χ0) is 31.5. The summed E-state index contributed by atoms with van der Waals surface area (Å²) in [7, 11) is 0. The number of allylic oxidation sites excluding steroid dienone is 2. The molecule has 0 fully saturated rings. The Morgan fingerprint density at radius 2 is 1.30 bits per heavy atom. The maximum atomic E-state index is 6.09. The third-order valence-electron chi connectivity index (χ3n) is 9.21. The van der Waals surface area contributed by atoms with Gasteiger partial charge in [-0.2, -0.15) is 0 Å². The van der Waals surface area contributed by atoms with Gasteiger partial charge in [0.1, 0.15) is 11.2 Å². The zero-order valence-electron chi connectivity index (χ0n) is 25.9. The van der Waals surface area contributed by atoms with E-state index < -0.39 is 0 Å². The molecule has 5 heteroatoms. The maximum absolute atomic E-state index is 6.09. The van der Waals surface area contributed by atoms with E-state index in [-0.39, 0.29) is 5.41 Å². The first-order valence-electron chi connectivity index (χ1n) is 15.7. The van der Waals surface area contributed by atoms with Gasteiger partial charge in [-0.15, -0.1) is 5.73 Å². The molecule has 2 aliphatic rings. The monoisotopic (exact) mass is 607 g/mol.